The summed E-state index contributed by atoms with van der Waals surface area (Å²) in [5, 5.41) is 11.0. The number of rotatable bonds is 4. The molecule has 1 saturated heterocycles. The Morgan fingerprint density at radius 2 is 2.35 bits per heavy atom. The van der Waals surface area contributed by atoms with Gasteiger partial charge < -0.3 is 9.42 Å². The highest BCUT2D eigenvalue weighted by molar-refractivity contribution is 5.95. The van der Waals surface area contributed by atoms with E-state index in [9.17, 15) is 4.79 Å². The molecule has 7 heteroatoms. The van der Waals surface area contributed by atoms with Crippen LogP contribution in [0.5, 0.6) is 0 Å². The van der Waals surface area contributed by atoms with Gasteiger partial charge in [-0.2, -0.15) is 10.1 Å². The molecule has 0 unspecified atom stereocenters. The first-order valence-electron chi connectivity index (χ1n) is 8.16. The molecule has 0 radical (unpaired) electrons. The van der Waals surface area contributed by atoms with Crippen molar-refractivity contribution in [2.24, 2.45) is 5.92 Å². The van der Waals surface area contributed by atoms with E-state index in [1.807, 2.05) is 4.90 Å². The molecule has 124 valence electrons. The van der Waals surface area contributed by atoms with Crippen molar-refractivity contribution in [3.05, 3.63) is 29.2 Å². The molecule has 0 aromatic carbocycles. The van der Waals surface area contributed by atoms with Crippen molar-refractivity contribution < 1.29 is 9.32 Å². The number of hydrogen-bond donors (Lipinski definition) is 1. The highest BCUT2D eigenvalue weighted by Crippen LogP contribution is 2.24. The quantitative estimate of drug-likeness (QED) is 0.935. The summed E-state index contributed by atoms with van der Waals surface area (Å²) in [6.07, 6.45) is 4.48. The monoisotopic (exact) mass is 317 g/mol. The molecule has 0 aliphatic carbocycles. The zero-order valence-corrected chi connectivity index (χ0v) is 13.9. The molecule has 7 nitrogen and oxygen atoms in total. The van der Waals surface area contributed by atoms with Gasteiger partial charge in [0.05, 0.1) is 17.5 Å². The minimum atomic E-state index is 0.0662. The molecule has 0 saturated carbocycles. The van der Waals surface area contributed by atoms with Crippen LogP contribution in [0.2, 0.25) is 0 Å². The second kappa shape index (κ2) is 6.52. The fraction of sp³-hybridized carbons (Fsp3) is 0.625. The number of piperidine rings is 1. The van der Waals surface area contributed by atoms with Crippen molar-refractivity contribution in [2.75, 3.05) is 13.1 Å². The number of aryl methyl sites for hydroxylation is 1. The molecular weight excluding hydrogens is 294 g/mol. The summed E-state index contributed by atoms with van der Waals surface area (Å²) in [5.74, 6) is 2.01. The van der Waals surface area contributed by atoms with Gasteiger partial charge in [0.2, 0.25) is 5.89 Å². The predicted molar refractivity (Wildman–Crippen MR) is 84.0 cm³/mol. The van der Waals surface area contributed by atoms with Crippen LogP contribution in [0.15, 0.2) is 10.7 Å². The molecule has 2 aromatic heterocycles. The second-order valence-electron chi connectivity index (χ2n) is 6.55. The molecule has 1 atom stereocenters. The highest BCUT2D eigenvalue weighted by Gasteiger charge is 2.28. The van der Waals surface area contributed by atoms with E-state index in [-0.39, 0.29) is 11.8 Å². The molecule has 0 spiro atoms. The average Bonchev–Trinajstić information content (AvgIpc) is 3.16. The van der Waals surface area contributed by atoms with Gasteiger partial charge in [-0.3, -0.25) is 9.89 Å². The van der Waals surface area contributed by atoms with Crippen molar-refractivity contribution in [2.45, 2.75) is 46.0 Å². The SMILES string of the molecule is Cc1nc(C[C@H]2CCCN(C(=O)c3cn[nH]c3C(C)C)C2)no1. The van der Waals surface area contributed by atoms with Crippen molar-refractivity contribution in [1.82, 2.24) is 25.2 Å². The Morgan fingerprint density at radius 1 is 1.52 bits per heavy atom. The van der Waals surface area contributed by atoms with Crippen LogP contribution in [0.1, 0.15) is 60.4 Å². The lowest BCUT2D eigenvalue weighted by Crippen LogP contribution is -2.40. The zero-order valence-electron chi connectivity index (χ0n) is 13.9. The van der Waals surface area contributed by atoms with Crippen molar-refractivity contribution >= 4 is 5.91 Å². The number of nitrogens with zero attached hydrogens (tertiary/aromatic N) is 4. The van der Waals surface area contributed by atoms with E-state index in [0.717, 1.165) is 43.9 Å². The van der Waals surface area contributed by atoms with Crippen LogP contribution in [-0.2, 0) is 6.42 Å². The van der Waals surface area contributed by atoms with E-state index in [1.165, 1.54) is 0 Å². The highest BCUT2D eigenvalue weighted by atomic mass is 16.5. The van der Waals surface area contributed by atoms with Gasteiger partial charge in [-0.15, -0.1) is 0 Å². The molecule has 3 rings (SSSR count). The summed E-state index contributed by atoms with van der Waals surface area (Å²) in [6.45, 7) is 7.43. The first-order chi connectivity index (χ1) is 11.0. The Bertz CT molecular complexity index is 676. The standard InChI is InChI=1S/C16H23N5O2/c1-10(2)15-13(8-17-19-15)16(22)21-6-4-5-12(9-21)7-14-18-11(3)23-20-14/h8,10,12H,4-7,9H2,1-3H3,(H,17,19)/t12-/m1/s1. The van der Waals surface area contributed by atoms with E-state index < -0.39 is 0 Å². The summed E-state index contributed by atoms with van der Waals surface area (Å²) in [7, 11) is 0. The van der Waals surface area contributed by atoms with Gasteiger partial charge in [-0.05, 0) is 24.7 Å². The van der Waals surface area contributed by atoms with E-state index in [1.54, 1.807) is 13.1 Å². The normalized spacial score (nSPS) is 18.6. The Kier molecular flexibility index (Phi) is 4.45. The van der Waals surface area contributed by atoms with Gasteiger partial charge >= 0.3 is 0 Å². The minimum absolute atomic E-state index is 0.0662. The number of aromatic amines is 1. The van der Waals surface area contributed by atoms with E-state index in [2.05, 4.69) is 34.2 Å². The maximum atomic E-state index is 12.8. The van der Waals surface area contributed by atoms with Crippen LogP contribution in [0.3, 0.4) is 0 Å². The van der Waals surface area contributed by atoms with Crippen molar-refractivity contribution in [3.63, 3.8) is 0 Å². The van der Waals surface area contributed by atoms with E-state index >= 15 is 0 Å². The fourth-order valence-corrected chi connectivity index (χ4v) is 3.18. The maximum Gasteiger partial charge on any atom is 0.257 e. The van der Waals surface area contributed by atoms with Gasteiger partial charge in [-0.1, -0.05) is 19.0 Å². The lowest BCUT2D eigenvalue weighted by molar-refractivity contribution is 0.0670. The summed E-state index contributed by atoms with van der Waals surface area (Å²) in [4.78, 5) is 19.0. The molecule has 1 aliphatic heterocycles. The minimum Gasteiger partial charge on any atom is -0.340 e. The summed E-state index contributed by atoms with van der Waals surface area (Å²) >= 11 is 0. The lowest BCUT2D eigenvalue weighted by atomic mass is 9.93. The number of likely N-dealkylation sites (tertiary alicyclic amines) is 1. The van der Waals surface area contributed by atoms with E-state index in [4.69, 9.17) is 4.52 Å². The van der Waals surface area contributed by atoms with Gasteiger partial charge in [0.25, 0.3) is 5.91 Å². The Balaban J connectivity index is 1.68. The van der Waals surface area contributed by atoms with Crippen LogP contribution in [0, 0.1) is 12.8 Å². The number of amides is 1. The van der Waals surface area contributed by atoms with Crippen LogP contribution in [0.25, 0.3) is 0 Å². The number of H-pyrrole nitrogens is 1. The molecule has 1 N–H and O–H groups in total. The third-order valence-electron chi connectivity index (χ3n) is 4.32. The van der Waals surface area contributed by atoms with Crippen LogP contribution in [0.4, 0.5) is 0 Å². The molecule has 1 aliphatic rings. The molecule has 1 fully saturated rings. The number of carbonyl (C=O) groups is 1. The van der Waals surface area contributed by atoms with E-state index in [0.29, 0.717) is 17.4 Å². The maximum absolute atomic E-state index is 12.8. The summed E-state index contributed by atoms with van der Waals surface area (Å²) in [6, 6.07) is 0. The van der Waals surface area contributed by atoms with Gasteiger partial charge in [-0.25, -0.2) is 0 Å². The third-order valence-corrected chi connectivity index (χ3v) is 4.32. The molecule has 3 heterocycles. The van der Waals surface area contributed by atoms with Crippen molar-refractivity contribution in [1.29, 1.82) is 0 Å². The lowest BCUT2D eigenvalue weighted by Gasteiger charge is -2.32. The van der Waals surface area contributed by atoms with Gasteiger partial charge in [0.15, 0.2) is 5.82 Å². The third kappa shape index (κ3) is 3.43. The zero-order chi connectivity index (χ0) is 16.4. The van der Waals surface area contributed by atoms with Crippen molar-refractivity contribution in [3.8, 4) is 0 Å². The van der Waals surface area contributed by atoms with Crippen LogP contribution < -0.4 is 0 Å². The Labute approximate surface area is 135 Å². The number of hydrogen-bond acceptors (Lipinski definition) is 5. The first-order valence-corrected chi connectivity index (χ1v) is 8.16. The smallest absolute Gasteiger partial charge is 0.257 e. The number of aromatic nitrogens is 4. The number of carbonyl (C=O) groups excluding carboxylic acids is 1. The van der Waals surface area contributed by atoms with Gasteiger partial charge in [0, 0.05) is 26.4 Å². The van der Waals surface area contributed by atoms with Gasteiger partial charge in [0.1, 0.15) is 0 Å². The molecule has 0 bridgehead atoms. The largest absolute Gasteiger partial charge is 0.340 e. The van der Waals surface area contributed by atoms with Crippen LogP contribution >= 0.6 is 0 Å². The number of nitrogens with one attached hydrogen (secondary N) is 1. The van der Waals surface area contributed by atoms with Crippen LogP contribution in [-0.4, -0.2) is 44.2 Å². The molecular formula is C16H23N5O2. The fourth-order valence-electron chi connectivity index (χ4n) is 3.18. The molecule has 2 aromatic rings. The Morgan fingerprint density at radius 3 is 3.04 bits per heavy atom. The molecule has 23 heavy (non-hydrogen) atoms. The predicted octanol–water partition coefficient (Wildman–Crippen LogP) is 2.32. The topological polar surface area (TPSA) is 87.9 Å². The summed E-state index contributed by atoms with van der Waals surface area (Å²) < 4.78 is 5.03. The second-order valence-corrected chi connectivity index (χ2v) is 6.55. The first kappa shape index (κ1) is 15.7. The Hall–Kier alpha value is -2.18. The summed E-state index contributed by atoms with van der Waals surface area (Å²) in [5.41, 5.74) is 1.60. The molecule has 1 amide bonds. The average molecular weight is 317 g/mol.